The molecule has 0 aliphatic rings. The molecule has 0 saturated carbocycles. The molecule has 3 N–H and O–H groups in total. The van der Waals surface area contributed by atoms with Crippen molar-refractivity contribution in [2.45, 2.75) is 32.7 Å². The Morgan fingerprint density at radius 3 is 2.67 bits per heavy atom. The molecule has 98 valence electrons. The van der Waals surface area contributed by atoms with Gasteiger partial charge in [0.2, 0.25) is 0 Å². The first-order chi connectivity index (χ1) is 8.51. The van der Waals surface area contributed by atoms with Crippen LogP contribution in [-0.4, -0.2) is 28.1 Å². The molecule has 2 amide bonds. The van der Waals surface area contributed by atoms with Gasteiger partial charge in [0.15, 0.2) is 0 Å². The van der Waals surface area contributed by atoms with Crippen molar-refractivity contribution in [2.24, 2.45) is 0 Å². The minimum absolute atomic E-state index is 0.101. The van der Waals surface area contributed by atoms with E-state index >= 15 is 0 Å². The Bertz CT molecular complexity index is 417. The molecule has 0 spiro atoms. The number of anilines is 1. The van der Waals surface area contributed by atoms with Gasteiger partial charge in [0.25, 0.3) is 0 Å². The number of nitrogens with zero attached hydrogens (tertiary/aromatic N) is 1. The quantitative estimate of drug-likeness (QED) is 0.741. The van der Waals surface area contributed by atoms with Gasteiger partial charge in [-0.15, -0.1) is 0 Å². The predicted octanol–water partition coefficient (Wildman–Crippen LogP) is 1.63. The van der Waals surface area contributed by atoms with E-state index in [-0.39, 0.29) is 18.5 Å². The van der Waals surface area contributed by atoms with E-state index in [1.165, 1.54) is 6.20 Å². The van der Waals surface area contributed by atoms with Gasteiger partial charge in [0.1, 0.15) is 0 Å². The predicted molar refractivity (Wildman–Crippen MR) is 67.5 cm³/mol. The molecule has 0 saturated heterocycles. The summed E-state index contributed by atoms with van der Waals surface area (Å²) in [5, 5.41) is 14.0. The van der Waals surface area contributed by atoms with Crippen LogP contribution in [0.25, 0.3) is 0 Å². The first kappa shape index (κ1) is 14.0. The summed E-state index contributed by atoms with van der Waals surface area (Å²) in [4.78, 5) is 25.9. The van der Waals surface area contributed by atoms with E-state index in [0.29, 0.717) is 11.4 Å². The lowest BCUT2D eigenvalue weighted by Crippen LogP contribution is -2.35. The number of rotatable bonds is 5. The maximum absolute atomic E-state index is 11.5. The van der Waals surface area contributed by atoms with Crippen molar-refractivity contribution in [3.63, 3.8) is 0 Å². The number of aromatic nitrogens is 1. The summed E-state index contributed by atoms with van der Waals surface area (Å²) in [6, 6.07) is 3.01. The lowest BCUT2D eigenvalue weighted by atomic mass is 10.2. The van der Waals surface area contributed by atoms with Gasteiger partial charge in [-0.1, -0.05) is 6.92 Å². The second kappa shape index (κ2) is 6.58. The van der Waals surface area contributed by atoms with Crippen LogP contribution in [0.2, 0.25) is 0 Å². The molecule has 0 radical (unpaired) electrons. The van der Waals surface area contributed by atoms with Crippen LogP contribution in [0.3, 0.4) is 0 Å². The largest absolute Gasteiger partial charge is 0.481 e. The van der Waals surface area contributed by atoms with Crippen LogP contribution in [0.5, 0.6) is 0 Å². The van der Waals surface area contributed by atoms with Crippen molar-refractivity contribution in [1.82, 2.24) is 10.3 Å². The lowest BCUT2D eigenvalue weighted by Gasteiger charge is -2.12. The number of carboxylic acid groups (broad SMARTS) is 1. The van der Waals surface area contributed by atoms with Crippen LogP contribution in [-0.2, 0) is 11.2 Å². The van der Waals surface area contributed by atoms with E-state index in [0.717, 1.165) is 6.42 Å². The summed E-state index contributed by atoms with van der Waals surface area (Å²) >= 11 is 0. The molecule has 1 aromatic heterocycles. The van der Waals surface area contributed by atoms with Crippen molar-refractivity contribution in [3.8, 4) is 0 Å². The summed E-state index contributed by atoms with van der Waals surface area (Å²) < 4.78 is 0. The average Bonchev–Trinajstić information content (AvgIpc) is 2.30. The van der Waals surface area contributed by atoms with E-state index in [1.807, 2.05) is 13.8 Å². The zero-order valence-electron chi connectivity index (χ0n) is 10.4. The molecule has 18 heavy (non-hydrogen) atoms. The summed E-state index contributed by atoms with van der Waals surface area (Å²) in [5.74, 6) is -0.933. The molecule has 1 atom stereocenters. The third-order valence-electron chi connectivity index (χ3n) is 2.40. The summed E-state index contributed by atoms with van der Waals surface area (Å²) in [5.41, 5.74) is 0.986. The van der Waals surface area contributed by atoms with Gasteiger partial charge in [-0.2, -0.15) is 0 Å². The van der Waals surface area contributed by atoms with E-state index in [4.69, 9.17) is 5.11 Å². The fourth-order valence-corrected chi connectivity index (χ4v) is 1.25. The highest BCUT2D eigenvalue weighted by Crippen LogP contribution is 2.06. The topological polar surface area (TPSA) is 91.3 Å². The minimum atomic E-state index is -0.933. The van der Waals surface area contributed by atoms with E-state index in [2.05, 4.69) is 15.6 Å². The number of carbonyl (C=O) groups excluding carboxylic acids is 1. The normalized spacial score (nSPS) is 11.7. The van der Waals surface area contributed by atoms with Crippen molar-refractivity contribution in [1.29, 1.82) is 0 Å². The van der Waals surface area contributed by atoms with E-state index in [1.54, 1.807) is 12.1 Å². The van der Waals surface area contributed by atoms with Crippen LogP contribution in [0, 0.1) is 0 Å². The van der Waals surface area contributed by atoms with Crippen LogP contribution in [0.15, 0.2) is 18.3 Å². The monoisotopic (exact) mass is 251 g/mol. The molecule has 6 nitrogen and oxygen atoms in total. The van der Waals surface area contributed by atoms with Gasteiger partial charge >= 0.3 is 12.0 Å². The highest BCUT2D eigenvalue weighted by atomic mass is 16.4. The zero-order chi connectivity index (χ0) is 13.5. The zero-order valence-corrected chi connectivity index (χ0v) is 10.4. The number of carbonyl (C=O) groups is 2. The Morgan fingerprint density at radius 2 is 2.17 bits per heavy atom. The number of nitrogens with one attached hydrogen (secondary N) is 2. The van der Waals surface area contributed by atoms with Gasteiger partial charge in [0.05, 0.1) is 24.0 Å². The van der Waals surface area contributed by atoms with E-state index in [9.17, 15) is 9.59 Å². The van der Waals surface area contributed by atoms with E-state index < -0.39 is 5.97 Å². The Hall–Kier alpha value is -2.11. The number of amides is 2. The molecule has 0 aromatic carbocycles. The minimum Gasteiger partial charge on any atom is -0.481 e. The highest BCUT2D eigenvalue weighted by molar-refractivity contribution is 5.89. The summed E-state index contributed by atoms with van der Waals surface area (Å²) in [6.45, 7) is 3.89. The van der Waals surface area contributed by atoms with Crippen molar-refractivity contribution >= 4 is 17.7 Å². The number of carboxylic acids is 1. The summed E-state index contributed by atoms with van der Waals surface area (Å²) in [7, 11) is 0. The number of aliphatic carboxylic acids is 1. The number of pyridine rings is 1. The molecule has 0 bridgehead atoms. The summed E-state index contributed by atoms with van der Waals surface area (Å²) in [6.07, 6.45) is 2.16. The fourth-order valence-electron chi connectivity index (χ4n) is 1.25. The average molecular weight is 251 g/mol. The van der Waals surface area contributed by atoms with Gasteiger partial charge < -0.3 is 15.7 Å². The third kappa shape index (κ3) is 4.82. The van der Waals surface area contributed by atoms with Crippen molar-refractivity contribution in [3.05, 3.63) is 24.0 Å². The highest BCUT2D eigenvalue weighted by Gasteiger charge is 2.06. The van der Waals surface area contributed by atoms with Crippen LogP contribution < -0.4 is 10.6 Å². The lowest BCUT2D eigenvalue weighted by molar-refractivity contribution is -0.136. The molecular formula is C12H17N3O3. The first-order valence-electron chi connectivity index (χ1n) is 5.75. The maximum Gasteiger partial charge on any atom is 0.319 e. The smallest absolute Gasteiger partial charge is 0.319 e. The van der Waals surface area contributed by atoms with Crippen LogP contribution in [0.1, 0.15) is 26.0 Å². The van der Waals surface area contributed by atoms with Gasteiger partial charge in [-0.25, -0.2) is 4.79 Å². The van der Waals surface area contributed by atoms with Crippen LogP contribution >= 0.6 is 0 Å². The van der Waals surface area contributed by atoms with Gasteiger partial charge in [-0.3, -0.25) is 9.78 Å². The number of hydrogen-bond acceptors (Lipinski definition) is 3. The number of hydrogen-bond donors (Lipinski definition) is 3. The Morgan fingerprint density at radius 1 is 1.44 bits per heavy atom. The van der Waals surface area contributed by atoms with Gasteiger partial charge in [-0.05, 0) is 25.5 Å². The fraction of sp³-hybridized carbons (Fsp3) is 0.417. The Balaban J connectivity index is 2.53. The molecule has 6 heteroatoms. The maximum atomic E-state index is 11.5. The van der Waals surface area contributed by atoms with Crippen LogP contribution in [0.4, 0.5) is 10.5 Å². The molecule has 0 aliphatic heterocycles. The number of urea groups is 1. The second-order valence-corrected chi connectivity index (χ2v) is 4.02. The molecule has 0 fully saturated rings. The molecule has 1 aromatic rings. The van der Waals surface area contributed by atoms with Crippen molar-refractivity contribution in [2.75, 3.05) is 5.32 Å². The first-order valence-corrected chi connectivity index (χ1v) is 5.75. The Labute approximate surface area is 105 Å². The molecule has 1 unspecified atom stereocenters. The Kier molecular flexibility index (Phi) is 5.10. The molecule has 1 rings (SSSR count). The molecule has 0 aliphatic carbocycles. The van der Waals surface area contributed by atoms with Crippen molar-refractivity contribution < 1.29 is 14.7 Å². The second-order valence-electron chi connectivity index (χ2n) is 4.02. The third-order valence-corrected chi connectivity index (χ3v) is 2.40. The SMILES string of the molecule is CCC(C)NC(=O)Nc1ccc(CC(=O)O)nc1. The standard InChI is InChI=1S/C12H17N3O3/c1-3-8(2)14-12(18)15-10-5-4-9(13-7-10)6-11(16)17/h4-5,7-8H,3,6H2,1-2H3,(H,16,17)(H2,14,15,18). The molecular weight excluding hydrogens is 234 g/mol. The van der Waals surface area contributed by atoms with Gasteiger partial charge in [0, 0.05) is 6.04 Å². The molecule has 1 heterocycles.